The summed E-state index contributed by atoms with van der Waals surface area (Å²) in [6, 6.07) is 8.21. The van der Waals surface area contributed by atoms with E-state index in [1.165, 1.54) is 31.4 Å². The molecule has 25 heavy (non-hydrogen) atoms. The molecule has 2 N–H and O–H groups in total. The molecule has 0 aliphatic heterocycles. The second-order valence-corrected chi connectivity index (χ2v) is 4.91. The zero-order chi connectivity index (χ0) is 18.4. The number of ether oxygens (including phenoxy) is 1. The van der Waals surface area contributed by atoms with Crippen LogP contribution < -0.4 is 10.6 Å². The van der Waals surface area contributed by atoms with Crippen molar-refractivity contribution in [2.24, 2.45) is 0 Å². The van der Waals surface area contributed by atoms with Gasteiger partial charge in [0.2, 0.25) is 0 Å². The third-order valence-corrected chi connectivity index (χ3v) is 3.20. The summed E-state index contributed by atoms with van der Waals surface area (Å²) in [6.07, 6.45) is 0. The van der Waals surface area contributed by atoms with Crippen molar-refractivity contribution >= 4 is 23.5 Å². The van der Waals surface area contributed by atoms with Crippen molar-refractivity contribution in [2.45, 2.75) is 0 Å². The minimum atomic E-state index is -0.849. The van der Waals surface area contributed by atoms with Crippen molar-refractivity contribution in [3.8, 4) is 0 Å². The standard InChI is InChI=1S/C17H14F2N2O4/c1-25-15(22)9-20-16(23)10-2-5-12(6-3-10)21-17(24)13-8-11(18)4-7-14(13)19/h2-8H,9H2,1H3,(H,20,23)(H,21,24). The Morgan fingerprint density at radius 1 is 1.00 bits per heavy atom. The molecule has 0 aromatic heterocycles. The van der Waals surface area contributed by atoms with Gasteiger partial charge in [0, 0.05) is 11.3 Å². The predicted octanol–water partition coefficient (Wildman–Crippen LogP) is 2.12. The molecule has 2 aromatic carbocycles. The maximum absolute atomic E-state index is 13.6. The Kier molecular flexibility index (Phi) is 5.78. The molecule has 2 amide bonds. The fourth-order valence-electron chi connectivity index (χ4n) is 1.90. The molecule has 0 bridgehead atoms. The van der Waals surface area contributed by atoms with E-state index in [1.807, 2.05) is 0 Å². The number of carbonyl (C=O) groups is 3. The number of rotatable bonds is 5. The fraction of sp³-hybridized carbons (Fsp3) is 0.118. The number of carbonyl (C=O) groups excluding carboxylic acids is 3. The van der Waals surface area contributed by atoms with Crippen molar-refractivity contribution in [3.63, 3.8) is 0 Å². The highest BCUT2D eigenvalue weighted by Crippen LogP contribution is 2.14. The monoisotopic (exact) mass is 348 g/mol. The first-order valence-electron chi connectivity index (χ1n) is 7.12. The van der Waals surface area contributed by atoms with Gasteiger partial charge >= 0.3 is 5.97 Å². The van der Waals surface area contributed by atoms with Gasteiger partial charge in [-0.2, -0.15) is 0 Å². The molecule has 0 spiro atoms. The number of amides is 2. The van der Waals surface area contributed by atoms with Gasteiger partial charge in [0.25, 0.3) is 11.8 Å². The SMILES string of the molecule is COC(=O)CNC(=O)c1ccc(NC(=O)c2cc(F)ccc2F)cc1. The van der Waals surface area contributed by atoms with Crippen molar-refractivity contribution in [2.75, 3.05) is 19.0 Å². The number of nitrogens with one attached hydrogen (secondary N) is 2. The molecule has 130 valence electrons. The largest absolute Gasteiger partial charge is 0.468 e. The summed E-state index contributed by atoms with van der Waals surface area (Å²) < 4.78 is 31.1. The van der Waals surface area contributed by atoms with Crippen LogP contribution in [0.1, 0.15) is 20.7 Å². The molecular weight excluding hydrogens is 334 g/mol. The second-order valence-electron chi connectivity index (χ2n) is 4.91. The normalized spacial score (nSPS) is 10.0. The van der Waals surface area contributed by atoms with Crippen LogP contribution in [0.5, 0.6) is 0 Å². The third-order valence-electron chi connectivity index (χ3n) is 3.20. The first kappa shape index (κ1) is 18.1. The highest BCUT2D eigenvalue weighted by Gasteiger charge is 2.14. The van der Waals surface area contributed by atoms with Crippen LogP contribution in [0, 0.1) is 11.6 Å². The molecule has 0 fully saturated rings. The summed E-state index contributed by atoms with van der Waals surface area (Å²) in [5.74, 6) is -3.49. The van der Waals surface area contributed by atoms with Crippen molar-refractivity contribution in [1.29, 1.82) is 0 Å². The lowest BCUT2D eigenvalue weighted by Crippen LogP contribution is -2.30. The topological polar surface area (TPSA) is 84.5 Å². The van der Waals surface area contributed by atoms with Crippen molar-refractivity contribution < 1.29 is 27.9 Å². The van der Waals surface area contributed by atoms with Crippen molar-refractivity contribution in [3.05, 3.63) is 65.2 Å². The molecule has 2 aromatic rings. The molecule has 0 unspecified atom stereocenters. The van der Waals surface area contributed by atoms with E-state index in [2.05, 4.69) is 15.4 Å². The Balaban J connectivity index is 2.02. The summed E-state index contributed by atoms with van der Waals surface area (Å²) in [4.78, 5) is 34.7. The van der Waals surface area contributed by atoms with E-state index in [0.29, 0.717) is 0 Å². The summed E-state index contributed by atoms with van der Waals surface area (Å²) in [7, 11) is 1.20. The Morgan fingerprint density at radius 3 is 2.32 bits per heavy atom. The molecule has 8 heteroatoms. The van der Waals surface area contributed by atoms with Gasteiger partial charge < -0.3 is 15.4 Å². The molecule has 0 saturated carbocycles. The van der Waals surface area contributed by atoms with Crippen LogP contribution in [0.25, 0.3) is 0 Å². The molecule has 0 saturated heterocycles. The van der Waals surface area contributed by atoms with Gasteiger partial charge in [0.05, 0.1) is 12.7 Å². The summed E-state index contributed by atoms with van der Waals surface area (Å²) in [5.41, 5.74) is 0.108. The number of hydrogen-bond donors (Lipinski definition) is 2. The highest BCUT2D eigenvalue weighted by atomic mass is 19.1. The third kappa shape index (κ3) is 4.84. The lowest BCUT2D eigenvalue weighted by Gasteiger charge is -2.08. The van der Waals surface area contributed by atoms with E-state index in [1.54, 1.807) is 0 Å². The maximum atomic E-state index is 13.6. The van der Waals surface area contributed by atoms with Crippen LogP contribution in [0.2, 0.25) is 0 Å². The Labute approximate surface area is 141 Å². The van der Waals surface area contributed by atoms with Crippen LogP contribution in [-0.2, 0) is 9.53 Å². The lowest BCUT2D eigenvalue weighted by atomic mass is 10.1. The predicted molar refractivity (Wildman–Crippen MR) is 85.1 cm³/mol. The molecule has 2 rings (SSSR count). The average Bonchev–Trinajstić information content (AvgIpc) is 2.61. The fourth-order valence-corrected chi connectivity index (χ4v) is 1.90. The zero-order valence-corrected chi connectivity index (χ0v) is 13.1. The van der Waals surface area contributed by atoms with E-state index in [0.717, 1.165) is 18.2 Å². The first-order chi connectivity index (χ1) is 11.9. The number of esters is 1. The quantitative estimate of drug-likeness (QED) is 0.811. The maximum Gasteiger partial charge on any atom is 0.325 e. The van der Waals surface area contributed by atoms with E-state index in [9.17, 15) is 23.2 Å². The van der Waals surface area contributed by atoms with E-state index in [-0.39, 0.29) is 17.8 Å². The number of benzene rings is 2. The highest BCUT2D eigenvalue weighted by molar-refractivity contribution is 6.04. The van der Waals surface area contributed by atoms with E-state index < -0.39 is 35.0 Å². The van der Waals surface area contributed by atoms with Gasteiger partial charge in [0.1, 0.15) is 18.2 Å². The average molecular weight is 348 g/mol. The first-order valence-corrected chi connectivity index (χ1v) is 7.12. The number of halogens is 2. The van der Waals surface area contributed by atoms with Crippen LogP contribution in [-0.4, -0.2) is 31.4 Å². The number of methoxy groups -OCH3 is 1. The van der Waals surface area contributed by atoms with E-state index >= 15 is 0 Å². The Hall–Kier alpha value is -3.29. The number of hydrogen-bond acceptors (Lipinski definition) is 4. The summed E-state index contributed by atoms with van der Waals surface area (Å²) in [6.45, 7) is -0.271. The van der Waals surface area contributed by atoms with Crippen LogP contribution in [0.4, 0.5) is 14.5 Å². The molecular formula is C17H14F2N2O4. The molecule has 0 aliphatic carbocycles. The molecule has 0 aliphatic rings. The van der Waals surface area contributed by atoms with Gasteiger partial charge in [0.15, 0.2) is 0 Å². The lowest BCUT2D eigenvalue weighted by molar-refractivity contribution is -0.139. The van der Waals surface area contributed by atoms with Gasteiger partial charge in [-0.05, 0) is 42.5 Å². The Bertz CT molecular complexity index is 807. The molecule has 0 radical (unpaired) electrons. The van der Waals surface area contributed by atoms with Crippen molar-refractivity contribution in [1.82, 2.24) is 5.32 Å². The Morgan fingerprint density at radius 2 is 1.68 bits per heavy atom. The second kappa shape index (κ2) is 8.00. The smallest absolute Gasteiger partial charge is 0.325 e. The minimum absolute atomic E-state index is 0.249. The van der Waals surface area contributed by atoms with Gasteiger partial charge in [-0.3, -0.25) is 14.4 Å². The van der Waals surface area contributed by atoms with E-state index in [4.69, 9.17) is 0 Å². The zero-order valence-electron chi connectivity index (χ0n) is 13.1. The van der Waals surface area contributed by atoms with Crippen LogP contribution in [0.15, 0.2) is 42.5 Å². The van der Waals surface area contributed by atoms with Gasteiger partial charge in [-0.25, -0.2) is 8.78 Å². The molecule has 6 nitrogen and oxygen atoms in total. The van der Waals surface area contributed by atoms with Gasteiger partial charge in [-0.15, -0.1) is 0 Å². The molecule has 0 heterocycles. The van der Waals surface area contributed by atoms with Crippen LogP contribution >= 0.6 is 0 Å². The minimum Gasteiger partial charge on any atom is -0.468 e. The number of anilines is 1. The summed E-state index contributed by atoms with van der Waals surface area (Å²) >= 11 is 0. The summed E-state index contributed by atoms with van der Waals surface area (Å²) in [5, 5.41) is 4.76. The molecule has 0 atom stereocenters. The van der Waals surface area contributed by atoms with Gasteiger partial charge in [-0.1, -0.05) is 0 Å². The van der Waals surface area contributed by atoms with Crippen LogP contribution in [0.3, 0.4) is 0 Å².